The number of hydrogen-bond acceptors (Lipinski definition) is 0. The fourth-order valence-corrected chi connectivity index (χ4v) is 1.51. The third-order valence-electron chi connectivity index (χ3n) is 2.13. The Morgan fingerprint density at radius 3 is 2.27 bits per heavy atom. The molecule has 1 nitrogen and oxygen atoms in total. The molecule has 0 bridgehead atoms. The van der Waals surface area contributed by atoms with Crippen molar-refractivity contribution in [3.8, 4) is 0 Å². The van der Waals surface area contributed by atoms with Crippen molar-refractivity contribution in [1.82, 2.24) is 4.98 Å². The summed E-state index contributed by atoms with van der Waals surface area (Å²) < 4.78 is 0. The molecule has 0 fully saturated rings. The number of hydrogen-bond donors (Lipinski definition) is 1. The van der Waals surface area contributed by atoms with Crippen LogP contribution < -0.4 is 21.1 Å². The lowest BCUT2D eigenvalue weighted by molar-refractivity contribution is 1.25. The average Bonchev–Trinajstić information content (AvgIpc) is 2.57. The second kappa shape index (κ2) is 5.04. The quantitative estimate of drug-likeness (QED) is 0.702. The Morgan fingerprint density at radius 2 is 1.80 bits per heavy atom. The van der Waals surface area contributed by atoms with E-state index in [0.29, 0.717) is 0 Å². The Morgan fingerprint density at radius 1 is 1.13 bits per heavy atom. The first kappa shape index (κ1) is 11.1. The van der Waals surface area contributed by atoms with Crippen molar-refractivity contribution in [1.29, 1.82) is 0 Å². The predicted molar refractivity (Wildman–Crippen MR) is 67.8 cm³/mol. The second-order valence-corrected chi connectivity index (χ2v) is 3.01. The van der Waals surface area contributed by atoms with E-state index in [-0.39, 0.29) is 0 Å². The van der Waals surface area contributed by atoms with Crippen molar-refractivity contribution < 1.29 is 0 Å². The maximum Gasteiger partial charge on any atom is 0.0543 e. The molecule has 1 heterocycles. The van der Waals surface area contributed by atoms with Gasteiger partial charge in [-0.15, -0.1) is 5.73 Å². The van der Waals surface area contributed by atoms with E-state index in [0.717, 1.165) is 21.1 Å². The zero-order chi connectivity index (χ0) is 11.3. The molecule has 0 amide bonds. The summed E-state index contributed by atoms with van der Waals surface area (Å²) in [6.07, 6.45) is 9.36. The van der Waals surface area contributed by atoms with Crippen molar-refractivity contribution >= 4 is 24.0 Å². The van der Waals surface area contributed by atoms with E-state index in [4.69, 9.17) is 0 Å². The maximum atomic E-state index is 3.70. The first-order chi connectivity index (χ1) is 7.28. The highest BCUT2D eigenvalue weighted by Crippen LogP contribution is 1.63. The van der Waals surface area contributed by atoms with Crippen LogP contribution in [0.15, 0.2) is 31.9 Å². The Balaban J connectivity index is 4.06. The van der Waals surface area contributed by atoms with Gasteiger partial charge in [0.25, 0.3) is 0 Å². The average molecular weight is 197 g/mol. The van der Waals surface area contributed by atoms with E-state index in [2.05, 4.69) is 30.5 Å². The SMILES string of the molecule is C=C=c1c(=C/C=C)/c(=C\C)[nH]/c1=C/C=C. The van der Waals surface area contributed by atoms with Gasteiger partial charge in [0.05, 0.1) is 5.35 Å². The molecule has 0 aliphatic rings. The molecule has 0 atom stereocenters. The topological polar surface area (TPSA) is 15.8 Å². The van der Waals surface area contributed by atoms with E-state index in [1.165, 1.54) is 0 Å². The maximum absolute atomic E-state index is 3.70. The summed E-state index contributed by atoms with van der Waals surface area (Å²) in [7, 11) is 0. The van der Waals surface area contributed by atoms with Gasteiger partial charge in [0.15, 0.2) is 0 Å². The van der Waals surface area contributed by atoms with Gasteiger partial charge < -0.3 is 4.98 Å². The molecule has 1 heteroatoms. The lowest BCUT2D eigenvalue weighted by atomic mass is 10.3. The van der Waals surface area contributed by atoms with Crippen LogP contribution in [0.3, 0.4) is 0 Å². The Labute approximate surface area is 89.5 Å². The van der Waals surface area contributed by atoms with Crippen LogP contribution in [0.5, 0.6) is 0 Å². The first-order valence-electron chi connectivity index (χ1n) is 4.78. The van der Waals surface area contributed by atoms with Crippen molar-refractivity contribution in [3.05, 3.63) is 53.0 Å². The summed E-state index contributed by atoms with van der Waals surface area (Å²) in [5.41, 5.74) is 2.93. The summed E-state index contributed by atoms with van der Waals surface area (Å²) in [4.78, 5) is 3.27. The molecule has 0 saturated carbocycles. The fourth-order valence-electron chi connectivity index (χ4n) is 1.51. The molecule has 0 radical (unpaired) electrons. The zero-order valence-corrected chi connectivity index (χ0v) is 9.01. The number of H-pyrrole nitrogens is 1. The van der Waals surface area contributed by atoms with Gasteiger partial charge in [-0.05, 0) is 13.0 Å². The van der Waals surface area contributed by atoms with Crippen LogP contribution in [0.2, 0.25) is 0 Å². The molecule has 0 saturated heterocycles. The molecule has 1 aromatic heterocycles. The first-order valence-corrected chi connectivity index (χ1v) is 4.78. The summed E-state index contributed by atoms with van der Waals surface area (Å²) in [5, 5.41) is 4.05. The highest BCUT2D eigenvalue weighted by Gasteiger charge is 1.91. The van der Waals surface area contributed by atoms with E-state index in [1.54, 1.807) is 12.2 Å². The summed E-state index contributed by atoms with van der Waals surface area (Å²) >= 11 is 0. The third kappa shape index (κ3) is 2.09. The number of allylic oxidation sites excluding steroid dienone is 2. The van der Waals surface area contributed by atoms with Gasteiger partial charge >= 0.3 is 0 Å². The van der Waals surface area contributed by atoms with Crippen LogP contribution in [0.25, 0.3) is 24.0 Å². The molecule has 0 aliphatic heterocycles. The fraction of sp³-hybridized carbons (Fsp3) is 0.0714. The van der Waals surface area contributed by atoms with Gasteiger partial charge in [0.2, 0.25) is 0 Å². The molecule has 0 unspecified atom stereocenters. The largest absolute Gasteiger partial charge is 0.354 e. The highest BCUT2D eigenvalue weighted by atomic mass is 14.7. The molecule has 0 aliphatic carbocycles. The van der Waals surface area contributed by atoms with E-state index in [1.807, 2.05) is 25.2 Å². The van der Waals surface area contributed by atoms with Crippen molar-refractivity contribution in [2.75, 3.05) is 0 Å². The van der Waals surface area contributed by atoms with Gasteiger partial charge in [-0.3, -0.25) is 0 Å². The minimum Gasteiger partial charge on any atom is -0.354 e. The monoisotopic (exact) mass is 197 g/mol. The standard InChI is InChI=1S/C14H15N/c1-5-9-12-11(7-3)14(10-6-2)15-13(12)8-4/h5-6,8-10,15H,1-3H2,4H3/b12-9-,13-8+,14-10+. The number of rotatable bonds is 2. The molecular formula is C14H15N. The van der Waals surface area contributed by atoms with Crippen LogP contribution in [-0.2, 0) is 0 Å². The van der Waals surface area contributed by atoms with Gasteiger partial charge in [-0.1, -0.05) is 44.0 Å². The molecule has 76 valence electrons. The Bertz CT molecular complexity index is 620. The minimum atomic E-state index is 0.961. The van der Waals surface area contributed by atoms with E-state index >= 15 is 0 Å². The normalized spacial score (nSPS) is 14.1. The molecule has 15 heavy (non-hydrogen) atoms. The smallest absolute Gasteiger partial charge is 0.0543 e. The van der Waals surface area contributed by atoms with Crippen LogP contribution in [0.1, 0.15) is 6.92 Å². The predicted octanol–water partition coefficient (Wildman–Crippen LogP) is 0.314. The number of nitrogens with one attached hydrogen (secondary N) is 1. The highest BCUT2D eigenvalue weighted by molar-refractivity contribution is 5.42. The van der Waals surface area contributed by atoms with Crippen LogP contribution in [0, 0.1) is 0 Å². The Hall–Kier alpha value is -1.98. The minimum absolute atomic E-state index is 0.961. The van der Waals surface area contributed by atoms with Crippen LogP contribution in [-0.4, -0.2) is 4.98 Å². The van der Waals surface area contributed by atoms with Gasteiger partial charge in [0, 0.05) is 15.8 Å². The second-order valence-electron chi connectivity index (χ2n) is 3.01. The molecule has 1 aromatic rings. The number of aromatic amines is 1. The molecule has 1 rings (SSSR count). The summed E-state index contributed by atoms with van der Waals surface area (Å²) in [5.74, 6) is 0. The van der Waals surface area contributed by atoms with Crippen molar-refractivity contribution in [3.63, 3.8) is 0 Å². The summed E-state index contributed by atoms with van der Waals surface area (Å²) in [6.45, 7) is 13.1. The Kier molecular flexibility index (Phi) is 3.73. The lowest BCUT2D eigenvalue weighted by Crippen LogP contribution is -2.36. The zero-order valence-electron chi connectivity index (χ0n) is 9.01. The van der Waals surface area contributed by atoms with E-state index < -0.39 is 0 Å². The van der Waals surface area contributed by atoms with Gasteiger partial charge in [0.1, 0.15) is 0 Å². The van der Waals surface area contributed by atoms with Crippen LogP contribution in [0.4, 0.5) is 0 Å². The van der Waals surface area contributed by atoms with Crippen molar-refractivity contribution in [2.24, 2.45) is 0 Å². The van der Waals surface area contributed by atoms with Crippen LogP contribution >= 0.6 is 0 Å². The molecule has 0 aromatic carbocycles. The lowest BCUT2D eigenvalue weighted by Gasteiger charge is -1.75. The number of aromatic nitrogens is 1. The van der Waals surface area contributed by atoms with E-state index in [9.17, 15) is 0 Å². The molecule has 0 spiro atoms. The van der Waals surface area contributed by atoms with Crippen molar-refractivity contribution in [2.45, 2.75) is 6.92 Å². The summed E-state index contributed by atoms with van der Waals surface area (Å²) in [6, 6.07) is 0. The third-order valence-corrected chi connectivity index (χ3v) is 2.13. The van der Waals surface area contributed by atoms with Gasteiger partial charge in [-0.2, -0.15) is 0 Å². The molecular weight excluding hydrogens is 182 g/mol. The molecule has 1 N–H and O–H groups in total. The van der Waals surface area contributed by atoms with Gasteiger partial charge in [-0.25, -0.2) is 0 Å².